The second-order valence-corrected chi connectivity index (χ2v) is 8.36. The fourth-order valence-electron chi connectivity index (χ4n) is 2.76. The van der Waals surface area contributed by atoms with Gasteiger partial charge >= 0.3 is 0 Å². The number of halogens is 1. The highest BCUT2D eigenvalue weighted by atomic mass is 79.9. The van der Waals surface area contributed by atoms with Crippen LogP contribution in [0, 0.1) is 0 Å². The Labute approximate surface area is 191 Å². The van der Waals surface area contributed by atoms with Crippen LogP contribution in [-0.2, 0) is 4.79 Å². The zero-order valence-electron chi connectivity index (χ0n) is 16.3. The summed E-state index contributed by atoms with van der Waals surface area (Å²) in [5.41, 5.74) is 1.42. The summed E-state index contributed by atoms with van der Waals surface area (Å²) in [6, 6.07) is 13.4. The number of carbonyl (C=O) groups is 2. The van der Waals surface area contributed by atoms with E-state index in [1.165, 1.54) is 11.3 Å². The minimum atomic E-state index is -1.06. The molecule has 0 saturated heterocycles. The first kappa shape index (κ1) is 22.9. The van der Waals surface area contributed by atoms with E-state index in [0.717, 1.165) is 0 Å². The molecule has 8 nitrogen and oxygen atoms in total. The standard InChI is InChI=1S/C21H21BrN4O4S/c22-14-6-7-17(16(10-14)19(29)24-11-15(28)12-27)25-18(13-4-2-1-3-5-13)20(30)26-21-23-8-9-31-21/h1-10,15,18,25,27-28H,11-12H2,(H,24,29)(H,23,26,30)/t15?,18-/m1/s1. The Balaban J connectivity index is 1.88. The van der Waals surface area contributed by atoms with Gasteiger partial charge in [-0.25, -0.2) is 4.98 Å². The Morgan fingerprint density at radius 2 is 1.94 bits per heavy atom. The minimum Gasteiger partial charge on any atom is -0.394 e. The highest BCUT2D eigenvalue weighted by molar-refractivity contribution is 9.10. The van der Waals surface area contributed by atoms with Gasteiger partial charge in [0.1, 0.15) is 6.04 Å². The first-order valence-corrected chi connectivity index (χ1v) is 11.0. The van der Waals surface area contributed by atoms with Gasteiger partial charge in [0.25, 0.3) is 11.8 Å². The van der Waals surface area contributed by atoms with E-state index >= 15 is 0 Å². The van der Waals surface area contributed by atoms with E-state index in [1.54, 1.807) is 29.8 Å². The number of thiazole rings is 1. The maximum absolute atomic E-state index is 13.0. The predicted octanol–water partition coefficient (Wildman–Crippen LogP) is 2.78. The van der Waals surface area contributed by atoms with Gasteiger partial charge in [-0.3, -0.25) is 14.9 Å². The maximum Gasteiger partial charge on any atom is 0.253 e. The summed E-state index contributed by atoms with van der Waals surface area (Å²) in [5, 5.41) is 29.2. The molecule has 0 aliphatic heterocycles. The monoisotopic (exact) mass is 504 g/mol. The van der Waals surface area contributed by atoms with Crippen LogP contribution in [0.3, 0.4) is 0 Å². The molecule has 0 saturated carbocycles. The molecular weight excluding hydrogens is 484 g/mol. The Kier molecular flexibility index (Phi) is 8.13. The number of nitrogens with one attached hydrogen (secondary N) is 3. The predicted molar refractivity (Wildman–Crippen MR) is 123 cm³/mol. The molecule has 3 rings (SSSR count). The third-order valence-corrected chi connectivity index (χ3v) is 5.47. The lowest BCUT2D eigenvalue weighted by Crippen LogP contribution is -2.34. The van der Waals surface area contributed by atoms with Crippen molar-refractivity contribution in [3.05, 3.63) is 75.7 Å². The number of anilines is 2. The van der Waals surface area contributed by atoms with Crippen LogP contribution in [0.4, 0.5) is 10.8 Å². The molecule has 2 aromatic carbocycles. The maximum atomic E-state index is 13.0. The van der Waals surface area contributed by atoms with Gasteiger partial charge in [-0.1, -0.05) is 46.3 Å². The van der Waals surface area contributed by atoms with Crippen LogP contribution in [0.25, 0.3) is 0 Å². The van der Waals surface area contributed by atoms with Crippen LogP contribution in [0.1, 0.15) is 22.0 Å². The van der Waals surface area contributed by atoms with Gasteiger partial charge in [0.05, 0.1) is 18.3 Å². The number of aliphatic hydroxyl groups excluding tert-OH is 2. The molecule has 1 aromatic heterocycles. The fourth-order valence-corrected chi connectivity index (χ4v) is 3.66. The Morgan fingerprint density at radius 3 is 2.61 bits per heavy atom. The highest BCUT2D eigenvalue weighted by Gasteiger charge is 2.24. The number of benzene rings is 2. The van der Waals surface area contributed by atoms with Gasteiger partial charge in [-0.2, -0.15) is 0 Å². The molecule has 10 heteroatoms. The minimum absolute atomic E-state index is 0.103. The first-order chi connectivity index (χ1) is 15.0. The third kappa shape index (κ3) is 6.34. The summed E-state index contributed by atoms with van der Waals surface area (Å²) in [7, 11) is 0. The first-order valence-electron chi connectivity index (χ1n) is 9.36. The molecule has 1 heterocycles. The molecule has 2 atom stereocenters. The Bertz CT molecular complexity index is 1020. The number of rotatable bonds is 9. The second-order valence-electron chi connectivity index (χ2n) is 6.55. The van der Waals surface area contributed by atoms with Gasteiger partial charge in [-0.15, -0.1) is 11.3 Å². The molecular formula is C21H21BrN4O4S. The summed E-state index contributed by atoms with van der Waals surface area (Å²) in [6.45, 7) is -0.565. The molecule has 3 aromatic rings. The lowest BCUT2D eigenvalue weighted by molar-refractivity contribution is -0.117. The molecule has 0 spiro atoms. The number of nitrogens with zero attached hydrogens (tertiary/aromatic N) is 1. The molecule has 2 amide bonds. The largest absolute Gasteiger partial charge is 0.394 e. The molecule has 0 radical (unpaired) electrons. The van der Waals surface area contributed by atoms with Crippen molar-refractivity contribution in [1.82, 2.24) is 10.3 Å². The van der Waals surface area contributed by atoms with E-state index in [4.69, 9.17) is 5.11 Å². The molecule has 0 aliphatic rings. The van der Waals surface area contributed by atoms with Gasteiger partial charge in [0.15, 0.2) is 5.13 Å². The van der Waals surface area contributed by atoms with Crippen LogP contribution < -0.4 is 16.0 Å². The lowest BCUT2D eigenvalue weighted by atomic mass is 10.0. The normalized spacial score (nSPS) is 12.6. The SMILES string of the molecule is O=C(NCC(O)CO)c1cc(Br)ccc1N[C@@H](C(=O)Nc1nccs1)c1ccccc1. The average Bonchev–Trinajstić information content (AvgIpc) is 3.29. The van der Waals surface area contributed by atoms with Gasteiger partial charge in [0, 0.05) is 28.3 Å². The van der Waals surface area contributed by atoms with Crippen molar-refractivity contribution in [2.45, 2.75) is 12.1 Å². The summed E-state index contributed by atoms with van der Waals surface area (Å²) in [5.74, 6) is -0.783. The molecule has 0 aliphatic carbocycles. The van der Waals surface area contributed by atoms with E-state index in [-0.39, 0.29) is 18.0 Å². The van der Waals surface area contributed by atoms with Gasteiger partial charge in [-0.05, 0) is 23.8 Å². The van der Waals surface area contributed by atoms with Crippen LogP contribution in [-0.4, -0.2) is 46.3 Å². The molecule has 31 heavy (non-hydrogen) atoms. The number of carbonyl (C=O) groups excluding carboxylic acids is 2. The van der Waals surface area contributed by atoms with Crippen molar-refractivity contribution in [2.24, 2.45) is 0 Å². The van der Waals surface area contributed by atoms with E-state index in [0.29, 0.717) is 20.9 Å². The number of hydrogen-bond donors (Lipinski definition) is 5. The van der Waals surface area contributed by atoms with Crippen LogP contribution in [0.15, 0.2) is 64.6 Å². The number of amides is 2. The van der Waals surface area contributed by atoms with E-state index in [9.17, 15) is 14.7 Å². The molecule has 5 N–H and O–H groups in total. The third-order valence-electron chi connectivity index (χ3n) is 4.29. The van der Waals surface area contributed by atoms with E-state index in [2.05, 4.69) is 36.9 Å². The topological polar surface area (TPSA) is 124 Å². The second kappa shape index (κ2) is 11.0. The summed E-state index contributed by atoms with van der Waals surface area (Å²) >= 11 is 4.66. The Morgan fingerprint density at radius 1 is 1.16 bits per heavy atom. The van der Waals surface area contributed by atoms with E-state index in [1.807, 2.05) is 30.3 Å². The van der Waals surface area contributed by atoms with Crippen LogP contribution >= 0.6 is 27.3 Å². The molecule has 1 unspecified atom stereocenters. The zero-order chi connectivity index (χ0) is 22.2. The van der Waals surface area contributed by atoms with Crippen molar-refractivity contribution in [1.29, 1.82) is 0 Å². The summed E-state index contributed by atoms with van der Waals surface area (Å²) in [6.07, 6.45) is 0.539. The summed E-state index contributed by atoms with van der Waals surface area (Å²) < 4.78 is 0.675. The van der Waals surface area contributed by atoms with Gasteiger partial charge in [0.2, 0.25) is 0 Å². The smallest absolute Gasteiger partial charge is 0.253 e. The number of hydrogen-bond acceptors (Lipinski definition) is 7. The number of aliphatic hydroxyl groups is 2. The molecule has 0 fully saturated rings. The zero-order valence-corrected chi connectivity index (χ0v) is 18.7. The number of aromatic nitrogens is 1. The van der Waals surface area contributed by atoms with Crippen LogP contribution in [0.5, 0.6) is 0 Å². The van der Waals surface area contributed by atoms with Crippen molar-refractivity contribution in [3.8, 4) is 0 Å². The van der Waals surface area contributed by atoms with Crippen LogP contribution in [0.2, 0.25) is 0 Å². The lowest BCUT2D eigenvalue weighted by Gasteiger charge is -2.21. The molecule has 162 valence electrons. The molecule has 0 bridgehead atoms. The Hall–Kier alpha value is -2.79. The van der Waals surface area contributed by atoms with Crippen molar-refractivity contribution < 1.29 is 19.8 Å². The quantitative estimate of drug-likeness (QED) is 0.305. The van der Waals surface area contributed by atoms with Crippen molar-refractivity contribution in [3.63, 3.8) is 0 Å². The van der Waals surface area contributed by atoms with Crippen molar-refractivity contribution >= 4 is 49.9 Å². The van der Waals surface area contributed by atoms with E-state index < -0.39 is 24.7 Å². The van der Waals surface area contributed by atoms with Crippen molar-refractivity contribution in [2.75, 3.05) is 23.8 Å². The fraction of sp³-hybridized carbons (Fsp3) is 0.190. The summed E-state index contributed by atoms with van der Waals surface area (Å²) in [4.78, 5) is 29.8. The average molecular weight is 505 g/mol. The van der Waals surface area contributed by atoms with Gasteiger partial charge < -0.3 is 20.8 Å². The highest BCUT2D eigenvalue weighted by Crippen LogP contribution is 2.27.